The number of piperidine rings is 1. The number of hydrogen-bond donors (Lipinski definition) is 1. The Labute approximate surface area is 183 Å². The van der Waals surface area contributed by atoms with Crippen molar-refractivity contribution in [1.29, 1.82) is 0 Å². The van der Waals surface area contributed by atoms with Gasteiger partial charge in [-0.25, -0.2) is 14.4 Å². The lowest BCUT2D eigenvalue weighted by molar-refractivity contribution is -0.137. The lowest BCUT2D eigenvalue weighted by Gasteiger charge is -2.36. The number of likely N-dealkylation sites (tertiary alicyclic amines) is 1. The van der Waals surface area contributed by atoms with E-state index in [1.807, 2.05) is 31.9 Å². The molecule has 0 unspecified atom stereocenters. The van der Waals surface area contributed by atoms with Crippen molar-refractivity contribution >= 4 is 11.7 Å². The topological polar surface area (TPSA) is 61.4 Å². The first-order valence-corrected chi connectivity index (χ1v) is 11.1. The Bertz CT molecular complexity index is 976. The molecule has 1 amide bonds. The first-order chi connectivity index (χ1) is 14.8. The Hall–Kier alpha value is -2.54. The van der Waals surface area contributed by atoms with Crippen molar-refractivity contribution in [2.24, 2.45) is 0 Å². The number of halogens is 1. The highest BCUT2D eigenvalue weighted by Gasteiger charge is 2.37. The number of nitrogens with one attached hydrogen (secondary N) is 1. The van der Waals surface area contributed by atoms with Gasteiger partial charge in [-0.15, -0.1) is 0 Å². The van der Waals surface area contributed by atoms with Crippen molar-refractivity contribution < 1.29 is 9.18 Å². The average molecular weight is 426 g/mol. The van der Waals surface area contributed by atoms with Crippen molar-refractivity contribution in [2.75, 3.05) is 32.5 Å². The molecule has 0 radical (unpaired) electrons. The Balaban J connectivity index is 1.62. The zero-order valence-electron chi connectivity index (χ0n) is 18.9. The molecule has 0 saturated carbocycles. The third-order valence-corrected chi connectivity index (χ3v) is 6.76. The summed E-state index contributed by atoms with van der Waals surface area (Å²) >= 11 is 0. The molecule has 2 aromatic rings. The molecule has 2 aliphatic rings. The van der Waals surface area contributed by atoms with Crippen molar-refractivity contribution in [2.45, 2.75) is 57.5 Å². The van der Waals surface area contributed by atoms with Crippen LogP contribution in [0.2, 0.25) is 0 Å². The molecular formula is C24H32FN5O. The molecular weight excluding hydrogens is 393 g/mol. The molecule has 1 aromatic heterocycles. The number of carbonyl (C=O) groups excluding carboxylic acids is 1. The predicted octanol–water partition coefficient (Wildman–Crippen LogP) is 3.68. The first-order valence-electron chi connectivity index (χ1n) is 11.1. The number of carbonyl (C=O) groups is 1. The molecule has 1 saturated heterocycles. The van der Waals surface area contributed by atoms with Gasteiger partial charge in [0.05, 0.1) is 23.7 Å². The van der Waals surface area contributed by atoms with E-state index in [2.05, 4.69) is 17.3 Å². The summed E-state index contributed by atoms with van der Waals surface area (Å²) in [7, 11) is 4.02. The fourth-order valence-corrected chi connectivity index (χ4v) is 4.78. The fourth-order valence-electron chi connectivity index (χ4n) is 4.78. The number of anilines is 1. The quantitative estimate of drug-likeness (QED) is 0.810. The normalized spacial score (nSPS) is 19.8. The van der Waals surface area contributed by atoms with E-state index in [1.54, 1.807) is 6.07 Å². The van der Waals surface area contributed by atoms with Gasteiger partial charge in [0, 0.05) is 19.2 Å². The molecule has 2 aliphatic heterocycles. The van der Waals surface area contributed by atoms with Crippen LogP contribution in [0.15, 0.2) is 24.3 Å². The van der Waals surface area contributed by atoms with E-state index in [4.69, 9.17) is 9.97 Å². The Morgan fingerprint density at radius 3 is 2.74 bits per heavy atom. The summed E-state index contributed by atoms with van der Waals surface area (Å²) in [5, 5.41) is 3.24. The monoisotopic (exact) mass is 425 g/mol. The number of fused-ring (bicyclic) bond motifs is 1. The third kappa shape index (κ3) is 4.15. The summed E-state index contributed by atoms with van der Waals surface area (Å²) in [5.74, 6) is 1.37. The van der Waals surface area contributed by atoms with Gasteiger partial charge in [0.2, 0.25) is 5.91 Å². The van der Waals surface area contributed by atoms with Crippen LogP contribution in [0, 0.1) is 5.82 Å². The number of nitrogens with zero attached hydrogens (tertiary/aromatic N) is 4. The Morgan fingerprint density at radius 2 is 2.03 bits per heavy atom. The van der Waals surface area contributed by atoms with E-state index in [-0.39, 0.29) is 17.8 Å². The molecule has 3 heterocycles. The second-order valence-electron chi connectivity index (χ2n) is 9.21. The summed E-state index contributed by atoms with van der Waals surface area (Å²) < 4.78 is 13.8. The highest BCUT2D eigenvalue weighted by atomic mass is 19.1. The largest absolute Gasteiger partial charge is 0.373 e. The highest BCUT2D eigenvalue weighted by Crippen LogP contribution is 2.33. The Morgan fingerprint density at radius 1 is 1.23 bits per heavy atom. The van der Waals surface area contributed by atoms with Crippen LogP contribution in [0.3, 0.4) is 0 Å². The van der Waals surface area contributed by atoms with Gasteiger partial charge in [-0.1, -0.05) is 18.6 Å². The Kier molecular flexibility index (Phi) is 5.97. The molecule has 1 atom stereocenters. The maximum absolute atomic E-state index is 13.8. The smallest absolute Gasteiger partial charge is 0.233 e. The van der Waals surface area contributed by atoms with Crippen LogP contribution in [0.4, 0.5) is 10.2 Å². The summed E-state index contributed by atoms with van der Waals surface area (Å²) in [4.78, 5) is 27.4. The van der Waals surface area contributed by atoms with Gasteiger partial charge in [-0.05, 0) is 64.4 Å². The molecule has 6 nitrogen and oxygen atoms in total. The van der Waals surface area contributed by atoms with Crippen LogP contribution in [-0.4, -0.2) is 52.9 Å². The summed E-state index contributed by atoms with van der Waals surface area (Å²) in [6.07, 6.45) is 4.13. The van der Waals surface area contributed by atoms with Gasteiger partial charge in [0.15, 0.2) is 0 Å². The van der Waals surface area contributed by atoms with Gasteiger partial charge in [0.1, 0.15) is 17.5 Å². The molecule has 4 rings (SSSR count). The molecule has 0 spiro atoms. The van der Waals surface area contributed by atoms with Crippen molar-refractivity contribution in [3.05, 3.63) is 52.7 Å². The number of rotatable bonds is 4. The summed E-state index contributed by atoms with van der Waals surface area (Å²) in [6, 6.07) is 6.54. The number of hydrogen-bond acceptors (Lipinski definition) is 5. The van der Waals surface area contributed by atoms with E-state index in [1.165, 1.54) is 25.0 Å². The SMILES string of the molecule is CNc1nc([C@@H]2CCCCN2C)nc2c1CCN(C(=O)C(C)(C)c1cccc(F)c1)C2. The molecule has 0 aliphatic carbocycles. The summed E-state index contributed by atoms with van der Waals surface area (Å²) in [6.45, 7) is 5.83. The zero-order valence-corrected chi connectivity index (χ0v) is 18.9. The molecule has 1 aromatic carbocycles. The lowest BCUT2D eigenvalue weighted by atomic mass is 9.82. The number of amides is 1. The molecule has 1 N–H and O–H groups in total. The minimum absolute atomic E-state index is 0.00953. The van der Waals surface area contributed by atoms with Crippen LogP contribution < -0.4 is 5.32 Å². The predicted molar refractivity (Wildman–Crippen MR) is 119 cm³/mol. The molecule has 0 bridgehead atoms. The highest BCUT2D eigenvalue weighted by molar-refractivity contribution is 5.87. The van der Waals surface area contributed by atoms with Crippen LogP contribution >= 0.6 is 0 Å². The fraction of sp³-hybridized carbons (Fsp3) is 0.542. The van der Waals surface area contributed by atoms with E-state index < -0.39 is 5.41 Å². The summed E-state index contributed by atoms with van der Waals surface area (Å²) in [5.41, 5.74) is 1.89. The number of benzene rings is 1. The maximum Gasteiger partial charge on any atom is 0.233 e. The van der Waals surface area contributed by atoms with Crippen LogP contribution in [0.25, 0.3) is 0 Å². The van der Waals surface area contributed by atoms with Crippen molar-refractivity contribution in [3.63, 3.8) is 0 Å². The maximum atomic E-state index is 13.8. The van der Waals surface area contributed by atoms with Crippen LogP contribution in [0.5, 0.6) is 0 Å². The van der Waals surface area contributed by atoms with E-state index in [0.29, 0.717) is 25.1 Å². The number of aromatic nitrogens is 2. The average Bonchev–Trinajstić information content (AvgIpc) is 2.77. The van der Waals surface area contributed by atoms with Gasteiger partial charge in [0.25, 0.3) is 0 Å². The molecule has 1 fully saturated rings. The van der Waals surface area contributed by atoms with Gasteiger partial charge in [-0.3, -0.25) is 9.69 Å². The van der Waals surface area contributed by atoms with Gasteiger partial charge < -0.3 is 10.2 Å². The van der Waals surface area contributed by atoms with Gasteiger partial charge in [-0.2, -0.15) is 0 Å². The molecule has 31 heavy (non-hydrogen) atoms. The first kappa shape index (κ1) is 21.7. The molecule has 166 valence electrons. The van der Waals surface area contributed by atoms with Crippen molar-refractivity contribution in [1.82, 2.24) is 19.8 Å². The van der Waals surface area contributed by atoms with E-state index in [0.717, 1.165) is 35.9 Å². The lowest BCUT2D eigenvalue weighted by Crippen LogP contribution is -2.46. The van der Waals surface area contributed by atoms with Crippen molar-refractivity contribution in [3.8, 4) is 0 Å². The van der Waals surface area contributed by atoms with Crippen LogP contribution in [-0.2, 0) is 23.2 Å². The second kappa shape index (κ2) is 8.54. The minimum atomic E-state index is -0.815. The second-order valence-corrected chi connectivity index (χ2v) is 9.21. The van der Waals surface area contributed by atoms with Crippen LogP contribution in [0.1, 0.15) is 61.8 Å². The third-order valence-electron chi connectivity index (χ3n) is 6.76. The standard InChI is InChI=1S/C24H32FN5O/c1-24(2,16-8-7-9-17(25)14-16)23(31)30-13-11-18-19(15-30)27-22(28-21(18)26-3)20-10-5-6-12-29(20)4/h7-9,14,20H,5-6,10-13,15H2,1-4H3,(H,26,27,28)/t20-/m0/s1. The molecule has 7 heteroatoms. The van der Waals surface area contributed by atoms with Gasteiger partial charge >= 0.3 is 0 Å². The van der Waals surface area contributed by atoms with E-state index >= 15 is 0 Å². The minimum Gasteiger partial charge on any atom is -0.373 e. The van der Waals surface area contributed by atoms with E-state index in [9.17, 15) is 9.18 Å². The zero-order chi connectivity index (χ0) is 22.2.